The van der Waals surface area contributed by atoms with Crippen LogP contribution in [0.1, 0.15) is 29.2 Å². The van der Waals surface area contributed by atoms with E-state index in [1.54, 1.807) is 25.3 Å². The van der Waals surface area contributed by atoms with Gasteiger partial charge in [-0.05, 0) is 37.5 Å². The molecule has 110 valence electrons. The van der Waals surface area contributed by atoms with E-state index < -0.39 is 0 Å². The lowest BCUT2D eigenvalue weighted by molar-refractivity contribution is 0.172. The quantitative estimate of drug-likeness (QED) is 0.887. The third-order valence-electron chi connectivity index (χ3n) is 3.96. The van der Waals surface area contributed by atoms with Crippen LogP contribution in [-0.2, 0) is 6.42 Å². The Labute approximate surface area is 123 Å². The smallest absolute Gasteiger partial charge is 0.133 e. The van der Waals surface area contributed by atoms with Crippen molar-refractivity contribution in [2.75, 3.05) is 7.11 Å². The van der Waals surface area contributed by atoms with Crippen molar-refractivity contribution in [3.05, 3.63) is 47.0 Å². The molecule has 4 nitrogen and oxygen atoms in total. The first kappa shape index (κ1) is 13.6. The number of rotatable bonds is 2. The lowest BCUT2D eigenvalue weighted by Gasteiger charge is -2.29. The number of methoxy groups -OCH3 is 1. The van der Waals surface area contributed by atoms with Gasteiger partial charge >= 0.3 is 0 Å². The molecule has 2 aromatic rings. The number of benzene rings is 2. The van der Waals surface area contributed by atoms with Crippen molar-refractivity contribution in [1.29, 1.82) is 0 Å². The summed E-state index contributed by atoms with van der Waals surface area (Å²) in [6.45, 7) is 1.93. The van der Waals surface area contributed by atoms with Gasteiger partial charge in [0.1, 0.15) is 29.1 Å². The summed E-state index contributed by atoms with van der Waals surface area (Å²) in [4.78, 5) is 0. The van der Waals surface area contributed by atoms with Crippen LogP contribution >= 0.6 is 0 Å². The van der Waals surface area contributed by atoms with Crippen LogP contribution in [0.5, 0.6) is 23.0 Å². The summed E-state index contributed by atoms with van der Waals surface area (Å²) in [5.41, 5.74) is 2.75. The van der Waals surface area contributed by atoms with Crippen LogP contribution in [0.15, 0.2) is 30.3 Å². The molecule has 1 heterocycles. The number of hydrogen-bond donors (Lipinski definition) is 2. The van der Waals surface area contributed by atoms with Crippen molar-refractivity contribution in [1.82, 2.24) is 0 Å². The minimum absolute atomic E-state index is 0.0803. The highest BCUT2D eigenvalue weighted by Crippen LogP contribution is 2.45. The molecule has 1 aliphatic heterocycles. The van der Waals surface area contributed by atoms with Gasteiger partial charge in [0.2, 0.25) is 0 Å². The Morgan fingerprint density at radius 1 is 1.19 bits per heavy atom. The van der Waals surface area contributed by atoms with Gasteiger partial charge < -0.3 is 19.7 Å². The standard InChI is InChI=1S/C17H18O4/c1-10-16(20-2)9-14(19)13-7-8-15(21-17(10)13)11-3-5-12(18)6-4-11/h3-6,9,15,18-19H,7-8H2,1-2H3/t15-/m0/s1. The number of hydrogen-bond acceptors (Lipinski definition) is 4. The first-order valence-corrected chi connectivity index (χ1v) is 6.95. The maximum absolute atomic E-state index is 10.1. The van der Waals surface area contributed by atoms with Crippen molar-refractivity contribution in [2.24, 2.45) is 0 Å². The minimum Gasteiger partial charge on any atom is -0.508 e. The van der Waals surface area contributed by atoms with E-state index in [1.807, 2.05) is 19.1 Å². The second-order valence-electron chi connectivity index (χ2n) is 5.27. The van der Waals surface area contributed by atoms with Crippen LogP contribution < -0.4 is 9.47 Å². The van der Waals surface area contributed by atoms with Crippen molar-refractivity contribution < 1.29 is 19.7 Å². The Morgan fingerprint density at radius 3 is 2.57 bits per heavy atom. The zero-order valence-electron chi connectivity index (χ0n) is 12.1. The van der Waals surface area contributed by atoms with Gasteiger partial charge in [-0.3, -0.25) is 0 Å². The number of aromatic hydroxyl groups is 2. The van der Waals surface area contributed by atoms with Crippen molar-refractivity contribution >= 4 is 0 Å². The van der Waals surface area contributed by atoms with Gasteiger partial charge in [-0.1, -0.05) is 12.1 Å². The average molecular weight is 286 g/mol. The highest BCUT2D eigenvalue weighted by molar-refractivity contribution is 5.57. The molecule has 0 saturated carbocycles. The fourth-order valence-corrected chi connectivity index (χ4v) is 2.79. The predicted molar refractivity (Wildman–Crippen MR) is 79.2 cm³/mol. The Kier molecular flexibility index (Phi) is 3.37. The first-order valence-electron chi connectivity index (χ1n) is 6.95. The molecule has 0 unspecified atom stereocenters. The monoisotopic (exact) mass is 286 g/mol. The van der Waals surface area contributed by atoms with Gasteiger partial charge in [0, 0.05) is 17.2 Å². The highest BCUT2D eigenvalue weighted by atomic mass is 16.5. The van der Waals surface area contributed by atoms with E-state index in [9.17, 15) is 10.2 Å². The second-order valence-corrected chi connectivity index (χ2v) is 5.27. The van der Waals surface area contributed by atoms with E-state index in [0.29, 0.717) is 11.5 Å². The summed E-state index contributed by atoms with van der Waals surface area (Å²) in [7, 11) is 1.58. The third kappa shape index (κ3) is 2.37. The number of phenols is 2. The topological polar surface area (TPSA) is 58.9 Å². The summed E-state index contributed by atoms with van der Waals surface area (Å²) in [5, 5.41) is 19.5. The average Bonchev–Trinajstić information content (AvgIpc) is 2.51. The van der Waals surface area contributed by atoms with Crippen LogP contribution in [0.2, 0.25) is 0 Å². The molecule has 0 amide bonds. The highest BCUT2D eigenvalue weighted by Gasteiger charge is 2.26. The van der Waals surface area contributed by atoms with E-state index in [2.05, 4.69) is 0 Å². The van der Waals surface area contributed by atoms with Crippen molar-refractivity contribution in [2.45, 2.75) is 25.9 Å². The second kappa shape index (κ2) is 5.20. The normalized spacial score (nSPS) is 17.0. The third-order valence-corrected chi connectivity index (χ3v) is 3.96. The molecule has 0 aromatic heterocycles. The fourth-order valence-electron chi connectivity index (χ4n) is 2.79. The molecule has 21 heavy (non-hydrogen) atoms. The Balaban J connectivity index is 1.98. The lowest BCUT2D eigenvalue weighted by atomic mass is 9.94. The molecule has 0 saturated heterocycles. The van der Waals surface area contributed by atoms with E-state index in [1.165, 1.54) is 0 Å². The largest absolute Gasteiger partial charge is 0.508 e. The molecule has 0 bridgehead atoms. The predicted octanol–water partition coefficient (Wildman–Crippen LogP) is 3.48. The van der Waals surface area contributed by atoms with Gasteiger partial charge in [-0.25, -0.2) is 0 Å². The number of ether oxygens (including phenoxy) is 2. The van der Waals surface area contributed by atoms with E-state index in [0.717, 1.165) is 29.5 Å². The lowest BCUT2D eigenvalue weighted by Crippen LogP contribution is -2.16. The van der Waals surface area contributed by atoms with Crippen molar-refractivity contribution in [3.63, 3.8) is 0 Å². The fraction of sp³-hybridized carbons (Fsp3) is 0.294. The molecule has 2 aromatic carbocycles. The summed E-state index contributed by atoms with van der Waals surface area (Å²) in [6, 6.07) is 8.67. The van der Waals surface area contributed by atoms with Gasteiger partial charge in [0.25, 0.3) is 0 Å². The molecule has 3 rings (SSSR count). The summed E-state index contributed by atoms with van der Waals surface area (Å²) >= 11 is 0. The number of fused-ring (bicyclic) bond motifs is 1. The van der Waals surface area contributed by atoms with Crippen LogP contribution in [0, 0.1) is 6.92 Å². The molecule has 1 atom stereocenters. The summed E-state index contributed by atoms with van der Waals surface area (Å²) in [6.07, 6.45) is 1.46. The molecule has 0 spiro atoms. The molecule has 2 N–H and O–H groups in total. The maximum Gasteiger partial charge on any atom is 0.133 e. The van der Waals surface area contributed by atoms with Gasteiger partial charge in [-0.2, -0.15) is 0 Å². The molecule has 0 aliphatic carbocycles. The summed E-state index contributed by atoms with van der Waals surface area (Å²) in [5.74, 6) is 1.79. The number of phenolic OH excluding ortho intramolecular Hbond substituents is 2. The molecule has 0 fully saturated rings. The van der Waals surface area contributed by atoms with Crippen LogP contribution in [0.4, 0.5) is 0 Å². The zero-order chi connectivity index (χ0) is 15.0. The van der Waals surface area contributed by atoms with Crippen molar-refractivity contribution in [3.8, 4) is 23.0 Å². The van der Waals surface area contributed by atoms with Gasteiger partial charge in [0.15, 0.2) is 0 Å². The van der Waals surface area contributed by atoms with E-state index in [4.69, 9.17) is 9.47 Å². The molecular weight excluding hydrogens is 268 g/mol. The van der Waals surface area contributed by atoms with Crippen LogP contribution in [0.3, 0.4) is 0 Å². The molecule has 4 heteroatoms. The zero-order valence-corrected chi connectivity index (χ0v) is 12.1. The van der Waals surface area contributed by atoms with Crippen LogP contribution in [-0.4, -0.2) is 17.3 Å². The Morgan fingerprint density at radius 2 is 1.90 bits per heavy atom. The molecular formula is C17H18O4. The van der Waals surface area contributed by atoms with E-state index >= 15 is 0 Å². The Hall–Kier alpha value is -2.36. The molecule has 1 aliphatic rings. The Bertz CT molecular complexity index is 661. The van der Waals surface area contributed by atoms with Crippen LogP contribution in [0.25, 0.3) is 0 Å². The summed E-state index contributed by atoms with van der Waals surface area (Å²) < 4.78 is 11.4. The van der Waals surface area contributed by atoms with Gasteiger partial charge in [0.05, 0.1) is 7.11 Å². The van der Waals surface area contributed by atoms with E-state index in [-0.39, 0.29) is 17.6 Å². The maximum atomic E-state index is 10.1. The minimum atomic E-state index is -0.0803. The van der Waals surface area contributed by atoms with Gasteiger partial charge in [-0.15, -0.1) is 0 Å². The SMILES string of the molecule is COc1cc(O)c2c(c1C)O[C@H](c1ccc(O)cc1)CC2. The molecule has 0 radical (unpaired) electrons. The first-order chi connectivity index (χ1) is 10.1.